The molecule has 3 atom stereocenters. The van der Waals surface area contributed by atoms with Gasteiger partial charge in [-0.25, -0.2) is 4.98 Å². The molecule has 0 radical (unpaired) electrons. The van der Waals surface area contributed by atoms with Gasteiger partial charge in [-0.3, -0.25) is 14.7 Å². The average molecular weight is 328 g/mol. The van der Waals surface area contributed by atoms with Crippen LogP contribution in [0.4, 0.5) is 5.82 Å². The third-order valence-electron chi connectivity index (χ3n) is 4.72. The molecule has 24 heavy (non-hydrogen) atoms. The van der Waals surface area contributed by atoms with Crippen LogP contribution in [0.3, 0.4) is 0 Å². The molecule has 1 N–H and O–H groups in total. The van der Waals surface area contributed by atoms with Crippen molar-refractivity contribution in [3.63, 3.8) is 0 Å². The minimum Gasteiger partial charge on any atom is -0.465 e. The largest absolute Gasteiger partial charge is 0.465 e. The van der Waals surface area contributed by atoms with Gasteiger partial charge in [0.2, 0.25) is 5.91 Å². The van der Waals surface area contributed by atoms with E-state index in [9.17, 15) is 4.79 Å². The molecule has 2 fully saturated rings. The number of nitrogens with zero attached hydrogens (tertiary/aromatic N) is 3. The smallest absolute Gasteiger partial charge is 0.231 e. The van der Waals surface area contributed by atoms with Crippen LogP contribution in [0.2, 0.25) is 0 Å². The zero-order chi connectivity index (χ0) is 16.5. The summed E-state index contributed by atoms with van der Waals surface area (Å²) >= 11 is 0. The van der Waals surface area contributed by atoms with Crippen LogP contribution in [-0.4, -0.2) is 46.6 Å². The first kappa shape index (κ1) is 15.3. The monoisotopic (exact) mass is 328 g/mol. The summed E-state index contributed by atoms with van der Waals surface area (Å²) < 4.78 is 11.5. The highest BCUT2D eigenvalue weighted by Crippen LogP contribution is 2.35. The number of nitrogens with one attached hydrogen (secondary N) is 1. The predicted molar refractivity (Wildman–Crippen MR) is 86.1 cm³/mol. The van der Waals surface area contributed by atoms with Gasteiger partial charge in [-0.05, 0) is 19.1 Å². The Morgan fingerprint density at radius 3 is 3.04 bits per heavy atom. The number of likely N-dealkylation sites (tertiary alicyclic amines) is 1. The molecule has 4 heterocycles. The van der Waals surface area contributed by atoms with Gasteiger partial charge in [0.15, 0.2) is 5.82 Å². The van der Waals surface area contributed by atoms with Gasteiger partial charge in [0.25, 0.3) is 0 Å². The molecule has 0 saturated carbocycles. The number of rotatable bonds is 4. The molecule has 2 aliphatic rings. The maximum atomic E-state index is 12.5. The zero-order valence-electron chi connectivity index (χ0n) is 13.5. The molecule has 7 nitrogen and oxygen atoms in total. The molecule has 0 aromatic carbocycles. The van der Waals surface area contributed by atoms with Crippen molar-refractivity contribution < 1.29 is 13.9 Å². The van der Waals surface area contributed by atoms with Crippen molar-refractivity contribution in [1.82, 2.24) is 14.9 Å². The summed E-state index contributed by atoms with van der Waals surface area (Å²) in [6.07, 6.45) is 4.80. The Kier molecular flexibility index (Phi) is 4.03. The summed E-state index contributed by atoms with van der Waals surface area (Å²) in [6, 6.07) is 3.97. The van der Waals surface area contributed by atoms with E-state index < -0.39 is 0 Å². The van der Waals surface area contributed by atoms with E-state index in [2.05, 4.69) is 20.2 Å². The highest BCUT2D eigenvalue weighted by atomic mass is 16.5. The topological polar surface area (TPSA) is 80.5 Å². The fourth-order valence-electron chi connectivity index (χ4n) is 3.57. The number of amides is 1. The van der Waals surface area contributed by atoms with Gasteiger partial charge < -0.3 is 14.5 Å². The third kappa shape index (κ3) is 3.05. The molecule has 0 bridgehead atoms. The fourth-order valence-corrected chi connectivity index (χ4v) is 3.57. The molecule has 2 aliphatic heterocycles. The summed E-state index contributed by atoms with van der Waals surface area (Å²) in [5.41, 5.74) is 0. The molecule has 2 aromatic rings. The summed E-state index contributed by atoms with van der Waals surface area (Å²) in [7, 11) is 0. The van der Waals surface area contributed by atoms with Crippen molar-refractivity contribution in [1.29, 1.82) is 0 Å². The normalized spacial score (nSPS) is 26.5. The predicted octanol–water partition coefficient (Wildman–Crippen LogP) is 1.46. The number of hydrogen-bond donors (Lipinski definition) is 1. The first-order chi connectivity index (χ1) is 11.7. The van der Waals surface area contributed by atoms with E-state index in [1.54, 1.807) is 18.6 Å². The molecule has 0 aliphatic carbocycles. The number of carbonyl (C=O) groups is 1. The van der Waals surface area contributed by atoms with Crippen molar-refractivity contribution in [3.8, 4) is 0 Å². The van der Waals surface area contributed by atoms with Gasteiger partial charge in [0, 0.05) is 31.4 Å². The van der Waals surface area contributed by atoms with Gasteiger partial charge >= 0.3 is 0 Å². The van der Waals surface area contributed by atoms with Gasteiger partial charge in [0.1, 0.15) is 11.5 Å². The number of aromatic nitrogens is 2. The Morgan fingerprint density at radius 2 is 2.29 bits per heavy atom. The van der Waals surface area contributed by atoms with Gasteiger partial charge in [-0.15, -0.1) is 0 Å². The second-order valence-corrected chi connectivity index (χ2v) is 6.43. The summed E-state index contributed by atoms with van der Waals surface area (Å²) in [5, 5.41) is 2.83. The van der Waals surface area contributed by atoms with E-state index in [1.807, 2.05) is 19.1 Å². The lowest BCUT2D eigenvalue weighted by Gasteiger charge is -2.18. The molecule has 0 spiro atoms. The third-order valence-corrected chi connectivity index (χ3v) is 4.72. The lowest BCUT2D eigenvalue weighted by Crippen LogP contribution is -2.32. The minimum absolute atomic E-state index is 0.0429. The lowest BCUT2D eigenvalue weighted by atomic mass is 9.92. The lowest BCUT2D eigenvalue weighted by molar-refractivity contribution is -0.120. The van der Waals surface area contributed by atoms with Crippen LogP contribution >= 0.6 is 0 Å². The molecule has 2 aromatic heterocycles. The zero-order valence-corrected chi connectivity index (χ0v) is 13.5. The Labute approximate surface area is 140 Å². The van der Waals surface area contributed by atoms with Crippen LogP contribution < -0.4 is 5.32 Å². The molecule has 0 unspecified atom stereocenters. The number of aryl methyl sites for hydroxylation is 1. The van der Waals surface area contributed by atoms with Crippen LogP contribution in [0.5, 0.6) is 0 Å². The molecule has 126 valence electrons. The van der Waals surface area contributed by atoms with E-state index >= 15 is 0 Å². The number of ether oxygens (including phenoxy) is 1. The van der Waals surface area contributed by atoms with E-state index in [-0.39, 0.29) is 23.8 Å². The van der Waals surface area contributed by atoms with E-state index in [0.29, 0.717) is 12.4 Å². The first-order valence-electron chi connectivity index (χ1n) is 8.15. The van der Waals surface area contributed by atoms with Crippen molar-refractivity contribution in [2.45, 2.75) is 19.6 Å². The highest BCUT2D eigenvalue weighted by Gasteiger charge is 2.46. The summed E-state index contributed by atoms with van der Waals surface area (Å²) in [5.74, 6) is 2.36. The number of fused-ring (bicyclic) bond motifs is 1. The number of furan rings is 1. The molecule has 2 saturated heterocycles. The van der Waals surface area contributed by atoms with Gasteiger partial charge in [-0.2, -0.15) is 0 Å². The maximum Gasteiger partial charge on any atom is 0.231 e. The van der Waals surface area contributed by atoms with Crippen LogP contribution in [0.15, 0.2) is 35.1 Å². The Balaban J connectivity index is 1.38. The van der Waals surface area contributed by atoms with Gasteiger partial charge in [0.05, 0.1) is 31.4 Å². The van der Waals surface area contributed by atoms with Crippen molar-refractivity contribution in [3.05, 3.63) is 42.2 Å². The van der Waals surface area contributed by atoms with Crippen LogP contribution in [0.1, 0.15) is 11.5 Å². The minimum atomic E-state index is -0.152. The van der Waals surface area contributed by atoms with Crippen molar-refractivity contribution >= 4 is 11.7 Å². The molecule has 1 amide bonds. The Bertz CT molecular complexity index is 718. The maximum absolute atomic E-state index is 12.5. The highest BCUT2D eigenvalue weighted by molar-refractivity contribution is 5.92. The Morgan fingerprint density at radius 1 is 1.38 bits per heavy atom. The summed E-state index contributed by atoms with van der Waals surface area (Å²) in [4.78, 5) is 22.9. The van der Waals surface area contributed by atoms with E-state index in [4.69, 9.17) is 9.15 Å². The number of hydrogen-bond acceptors (Lipinski definition) is 6. The first-order valence-corrected chi connectivity index (χ1v) is 8.15. The van der Waals surface area contributed by atoms with Crippen LogP contribution in [0.25, 0.3) is 0 Å². The van der Waals surface area contributed by atoms with Crippen LogP contribution in [-0.2, 0) is 16.1 Å². The van der Waals surface area contributed by atoms with Crippen LogP contribution in [0, 0.1) is 18.8 Å². The van der Waals surface area contributed by atoms with Crippen molar-refractivity contribution in [2.75, 3.05) is 25.0 Å². The molecule has 7 heteroatoms. The standard InChI is InChI=1S/C17H20N4O3/c1-11-2-3-12(24-11)7-21-8-13-14(10-23-15(13)9-21)17(22)20-16-6-18-4-5-19-16/h2-6,13-15H,7-10H2,1H3,(H,19,20,22)/t13-,14+,15-/m0/s1. The van der Waals surface area contributed by atoms with E-state index in [1.165, 1.54) is 0 Å². The Hall–Kier alpha value is -2.25. The fraction of sp³-hybridized carbons (Fsp3) is 0.471. The van der Waals surface area contributed by atoms with E-state index in [0.717, 1.165) is 31.2 Å². The molecule has 4 rings (SSSR count). The second-order valence-electron chi connectivity index (χ2n) is 6.43. The van der Waals surface area contributed by atoms with Crippen molar-refractivity contribution in [2.24, 2.45) is 11.8 Å². The average Bonchev–Trinajstić information content (AvgIpc) is 3.24. The molecular weight excluding hydrogens is 308 g/mol. The van der Waals surface area contributed by atoms with Gasteiger partial charge in [-0.1, -0.05) is 0 Å². The number of anilines is 1. The summed E-state index contributed by atoms with van der Waals surface area (Å²) in [6.45, 7) is 4.83. The SMILES string of the molecule is Cc1ccc(CN2C[C@@H]3[C@H](C2)OC[C@H]3C(=O)Nc2cnccn2)o1. The number of carbonyl (C=O) groups excluding carboxylic acids is 1. The quantitative estimate of drug-likeness (QED) is 0.915. The second kappa shape index (κ2) is 6.33. The molecular formula is C17H20N4O3.